The maximum atomic E-state index is 3.87. The van der Waals surface area contributed by atoms with Crippen LogP contribution in [0.4, 0.5) is 0 Å². The summed E-state index contributed by atoms with van der Waals surface area (Å²) in [5.74, 6) is 0.844. The van der Waals surface area contributed by atoms with Crippen LogP contribution in [-0.4, -0.2) is 43.5 Å². The third-order valence-electron chi connectivity index (χ3n) is 2.29. The number of rotatable bonds is 2. The number of likely N-dealkylation sites (tertiary alicyclic amines) is 1. The molecule has 1 aliphatic heterocycles. The lowest BCUT2D eigenvalue weighted by atomic mass is 9.98. The van der Waals surface area contributed by atoms with Crippen LogP contribution in [0, 0.1) is 13.0 Å². The number of piperidine rings is 1. The highest BCUT2D eigenvalue weighted by Crippen LogP contribution is 2.15. The minimum absolute atomic E-state index is 0.844. The summed E-state index contributed by atoms with van der Waals surface area (Å²) in [4.78, 5) is 4.46. The van der Waals surface area contributed by atoms with E-state index in [4.69, 9.17) is 0 Å². The van der Waals surface area contributed by atoms with E-state index in [9.17, 15) is 0 Å². The summed E-state index contributed by atoms with van der Waals surface area (Å²) in [6, 6.07) is 0. The predicted molar refractivity (Wildman–Crippen MR) is 48.2 cm³/mol. The van der Waals surface area contributed by atoms with Crippen molar-refractivity contribution in [1.29, 1.82) is 0 Å². The second-order valence-electron chi connectivity index (χ2n) is 3.81. The van der Waals surface area contributed by atoms with Crippen molar-refractivity contribution in [3.63, 3.8) is 0 Å². The minimum Gasteiger partial charge on any atom is -0.462 e. The molecule has 0 radical (unpaired) electrons. The Hall–Kier alpha value is -0.0800. The van der Waals surface area contributed by atoms with Crippen molar-refractivity contribution in [2.75, 3.05) is 33.7 Å². The van der Waals surface area contributed by atoms with Crippen molar-refractivity contribution in [3.8, 4) is 0 Å². The molecule has 0 aromatic carbocycles. The highest BCUT2D eigenvalue weighted by atomic mass is 15.1. The van der Waals surface area contributed by atoms with Crippen LogP contribution in [0.25, 0.3) is 0 Å². The number of hydrogen-bond donors (Lipinski definition) is 0. The maximum Gasteiger partial charge on any atom is 0.00179 e. The second-order valence-corrected chi connectivity index (χ2v) is 3.81. The van der Waals surface area contributed by atoms with E-state index in [2.05, 4.69) is 26.0 Å². The third kappa shape index (κ3) is 3.21. The van der Waals surface area contributed by atoms with Crippen LogP contribution >= 0.6 is 0 Å². The molecule has 0 saturated carbocycles. The molecule has 1 aliphatic rings. The van der Waals surface area contributed by atoms with Crippen molar-refractivity contribution >= 4 is 0 Å². The summed E-state index contributed by atoms with van der Waals surface area (Å²) in [6.45, 7) is 3.67. The first-order valence-electron chi connectivity index (χ1n) is 4.38. The Balaban J connectivity index is 2.23. The summed E-state index contributed by atoms with van der Waals surface area (Å²) in [7, 11) is 8.13. The zero-order valence-electron chi connectivity index (χ0n) is 7.71. The van der Waals surface area contributed by atoms with Gasteiger partial charge in [-0.05, 0) is 45.9 Å². The number of hydrogen-bond acceptors (Lipinski definition) is 2. The molecule has 0 bridgehead atoms. The highest BCUT2D eigenvalue weighted by molar-refractivity contribution is 4.72. The van der Waals surface area contributed by atoms with Crippen LogP contribution in [0.3, 0.4) is 0 Å². The lowest BCUT2D eigenvalue weighted by molar-refractivity contribution is 0.183. The van der Waals surface area contributed by atoms with Gasteiger partial charge < -0.3 is 9.80 Å². The van der Waals surface area contributed by atoms with E-state index in [0.29, 0.717) is 0 Å². The Morgan fingerprint density at radius 1 is 1.64 bits per heavy atom. The molecule has 2 nitrogen and oxygen atoms in total. The van der Waals surface area contributed by atoms with E-state index in [0.717, 1.165) is 12.5 Å². The molecule has 1 rings (SSSR count). The minimum atomic E-state index is 0.844. The average Bonchev–Trinajstić information content (AvgIpc) is 1.85. The molecule has 0 spiro atoms. The highest BCUT2D eigenvalue weighted by Gasteiger charge is 2.15. The summed E-state index contributed by atoms with van der Waals surface area (Å²) < 4.78 is 0. The first kappa shape index (κ1) is 9.01. The molecular weight excluding hydrogens is 136 g/mol. The van der Waals surface area contributed by atoms with Gasteiger partial charge in [0.05, 0.1) is 0 Å². The molecule has 11 heavy (non-hydrogen) atoms. The fraction of sp³-hybridized carbons (Fsp3) is 0.889. The van der Waals surface area contributed by atoms with Gasteiger partial charge >= 0.3 is 0 Å². The monoisotopic (exact) mass is 155 g/mol. The first-order chi connectivity index (χ1) is 5.18. The van der Waals surface area contributed by atoms with Crippen LogP contribution in [0.2, 0.25) is 0 Å². The first-order valence-corrected chi connectivity index (χ1v) is 4.38. The molecule has 0 aromatic rings. The van der Waals surface area contributed by atoms with Gasteiger partial charge in [0.25, 0.3) is 0 Å². The molecule has 1 fully saturated rings. The van der Waals surface area contributed by atoms with Crippen molar-refractivity contribution in [2.45, 2.75) is 12.8 Å². The van der Waals surface area contributed by atoms with Gasteiger partial charge in [-0.3, -0.25) is 7.05 Å². The van der Waals surface area contributed by atoms with Crippen LogP contribution in [-0.2, 0) is 0 Å². The molecule has 0 aliphatic carbocycles. The van der Waals surface area contributed by atoms with Gasteiger partial charge in [-0.25, -0.2) is 0 Å². The largest absolute Gasteiger partial charge is 0.462 e. The Kier molecular flexibility index (Phi) is 3.34. The fourth-order valence-corrected chi connectivity index (χ4v) is 1.86. The summed E-state index contributed by atoms with van der Waals surface area (Å²) in [5, 5.41) is 0. The van der Waals surface area contributed by atoms with E-state index < -0.39 is 0 Å². The molecule has 1 saturated heterocycles. The van der Waals surface area contributed by atoms with Crippen molar-refractivity contribution in [1.82, 2.24) is 9.80 Å². The van der Waals surface area contributed by atoms with Crippen LogP contribution in [0.15, 0.2) is 0 Å². The molecule has 1 unspecified atom stereocenters. The zero-order valence-corrected chi connectivity index (χ0v) is 7.71. The van der Waals surface area contributed by atoms with E-state index in [1.807, 2.05) is 4.90 Å². The topological polar surface area (TPSA) is 6.48 Å². The molecular formula is C9H19N2-. The average molecular weight is 155 g/mol. The van der Waals surface area contributed by atoms with Gasteiger partial charge in [0.15, 0.2) is 0 Å². The zero-order chi connectivity index (χ0) is 8.27. The van der Waals surface area contributed by atoms with E-state index in [-0.39, 0.29) is 0 Å². The molecule has 0 N–H and O–H groups in total. The molecule has 1 atom stereocenters. The quantitative estimate of drug-likeness (QED) is 0.550. The Bertz CT molecular complexity index is 110. The van der Waals surface area contributed by atoms with Crippen molar-refractivity contribution in [2.24, 2.45) is 5.92 Å². The van der Waals surface area contributed by atoms with Gasteiger partial charge in [-0.15, -0.1) is 0 Å². The van der Waals surface area contributed by atoms with Gasteiger partial charge in [-0.1, -0.05) is 0 Å². The molecule has 66 valence electrons. The van der Waals surface area contributed by atoms with Crippen molar-refractivity contribution < 1.29 is 0 Å². The maximum absolute atomic E-state index is 3.87. The summed E-state index contributed by atoms with van der Waals surface area (Å²) in [5.41, 5.74) is 0. The Morgan fingerprint density at radius 3 is 2.91 bits per heavy atom. The smallest absolute Gasteiger partial charge is 0.00179 e. The molecule has 2 heteroatoms. The van der Waals surface area contributed by atoms with Gasteiger partial charge in [0.1, 0.15) is 0 Å². The SMILES string of the molecule is [CH2-]N(C)CC1CCCN(C)C1. The third-order valence-corrected chi connectivity index (χ3v) is 2.29. The van der Waals surface area contributed by atoms with Crippen molar-refractivity contribution in [3.05, 3.63) is 7.05 Å². The molecule has 0 aromatic heterocycles. The van der Waals surface area contributed by atoms with E-state index in [1.165, 1.54) is 25.9 Å². The van der Waals surface area contributed by atoms with Gasteiger partial charge in [0, 0.05) is 6.54 Å². The van der Waals surface area contributed by atoms with Gasteiger partial charge in [-0.2, -0.15) is 0 Å². The second kappa shape index (κ2) is 4.07. The number of nitrogens with zero attached hydrogens (tertiary/aromatic N) is 2. The van der Waals surface area contributed by atoms with Crippen LogP contribution < -0.4 is 0 Å². The Morgan fingerprint density at radius 2 is 2.36 bits per heavy atom. The van der Waals surface area contributed by atoms with Gasteiger partial charge in [0.2, 0.25) is 0 Å². The lowest BCUT2D eigenvalue weighted by Crippen LogP contribution is -2.36. The Labute approximate surface area is 70.2 Å². The fourth-order valence-electron chi connectivity index (χ4n) is 1.86. The molecule has 1 heterocycles. The lowest BCUT2D eigenvalue weighted by Gasteiger charge is -2.33. The van der Waals surface area contributed by atoms with Crippen LogP contribution in [0.5, 0.6) is 0 Å². The standard InChI is InChI=1S/C9H19N2/c1-10(2)7-9-5-4-6-11(3)8-9/h9H,1,4-8H2,2-3H3/q-1. The predicted octanol–water partition coefficient (Wildman–Crippen LogP) is 1.05. The van der Waals surface area contributed by atoms with E-state index in [1.54, 1.807) is 0 Å². The van der Waals surface area contributed by atoms with E-state index >= 15 is 0 Å². The summed E-state index contributed by atoms with van der Waals surface area (Å²) >= 11 is 0. The summed E-state index contributed by atoms with van der Waals surface area (Å²) in [6.07, 6.45) is 2.74. The molecule has 0 amide bonds. The van der Waals surface area contributed by atoms with Crippen LogP contribution in [0.1, 0.15) is 12.8 Å². The normalized spacial score (nSPS) is 27.8.